The number of para-hydroxylation sites is 1. The van der Waals surface area contributed by atoms with Crippen molar-refractivity contribution < 1.29 is 4.79 Å². The van der Waals surface area contributed by atoms with Crippen LogP contribution in [0.15, 0.2) is 34.2 Å². The zero-order chi connectivity index (χ0) is 20.4. The molecule has 8 heteroatoms. The van der Waals surface area contributed by atoms with Crippen LogP contribution in [0.3, 0.4) is 0 Å². The number of rotatable bonds is 6. The minimum atomic E-state index is -0.151. The first-order valence-corrected chi connectivity index (χ1v) is 10.3. The molecule has 148 valence electrons. The lowest BCUT2D eigenvalue weighted by molar-refractivity contribution is -0.113. The SMILES string of the molecule is CC[C@@H](C)n1c(SCC(=O)Nc2c(C)nn(C)c2C)nc2ccccc2c1=O. The van der Waals surface area contributed by atoms with E-state index in [9.17, 15) is 9.59 Å². The number of carbonyl (C=O) groups is 1. The first-order valence-electron chi connectivity index (χ1n) is 9.27. The predicted molar refractivity (Wildman–Crippen MR) is 113 cm³/mol. The van der Waals surface area contributed by atoms with Crippen molar-refractivity contribution in [2.75, 3.05) is 11.1 Å². The molecule has 0 aliphatic rings. The summed E-state index contributed by atoms with van der Waals surface area (Å²) >= 11 is 1.28. The maximum Gasteiger partial charge on any atom is 0.262 e. The van der Waals surface area contributed by atoms with Gasteiger partial charge in [-0.15, -0.1) is 0 Å². The number of hydrogen-bond donors (Lipinski definition) is 1. The van der Waals surface area contributed by atoms with E-state index >= 15 is 0 Å². The van der Waals surface area contributed by atoms with E-state index in [-0.39, 0.29) is 23.3 Å². The molecular formula is C20H25N5O2S. The van der Waals surface area contributed by atoms with Crippen LogP contribution in [0.5, 0.6) is 0 Å². The topological polar surface area (TPSA) is 81.8 Å². The van der Waals surface area contributed by atoms with Crippen molar-refractivity contribution in [2.45, 2.75) is 45.3 Å². The third-order valence-corrected chi connectivity index (χ3v) is 5.87. The van der Waals surface area contributed by atoms with E-state index in [2.05, 4.69) is 15.4 Å². The third kappa shape index (κ3) is 3.82. The Bertz CT molecular complexity index is 1090. The highest BCUT2D eigenvalue weighted by Gasteiger charge is 2.18. The highest BCUT2D eigenvalue weighted by molar-refractivity contribution is 7.99. The van der Waals surface area contributed by atoms with Crippen LogP contribution in [0.25, 0.3) is 10.9 Å². The van der Waals surface area contributed by atoms with E-state index in [4.69, 9.17) is 0 Å². The molecule has 0 unspecified atom stereocenters. The van der Waals surface area contributed by atoms with E-state index in [0.29, 0.717) is 16.1 Å². The van der Waals surface area contributed by atoms with Gasteiger partial charge < -0.3 is 5.32 Å². The molecule has 3 rings (SSSR count). The summed E-state index contributed by atoms with van der Waals surface area (Å²) in [7, 11) is 1.84. The molecule has 28 heavy (non-hydrogen) atoms. The van der Waals surface area contributed by atoms with E-state index in [1.165, 1.54) is 11.8 Å². The fraction of sp³-hybridized carbons (Fsp3) is 0.400. The Morgan fingerprint density at radius 2 is 2.00 bits per heavy atom. The number of aromatic nitrogens is 4. The van der Waals surface area contributed by atoms with Crippen LogP contribution in [0, 0.1) is 13.8 Å². The molecule has 1 aromatic carbocycles. The third-order valence-electron chi connectivity index (χ3n) is 4.91. The van der Waals surface area contributed by atoms with Gasteiger partial charge in [0, 0.05) is 13.1 Å². The van der Waals surface area contributed by atoms with Gasteiger partial charge in [0.05, 0.1) is 33.7 Å². The first-order chi connectivity index (χ1) is 13.3. The summed E-state index contributed by atoms with van der Waals surface area (Å²) in [6.45, 7) is 7.79. The normalized spacial score (nSPS) is 12.3. The number of benzene rings is 1. The Hall–Kier alpha value is -2.61. The molecule has 0 aliphatic carbocycles. The first kappa shape index (κ1) is 20.1. The zero-order valence-corrected chi connectivity index (χ0v) is 17.6. The van der Waals surface area contributed by atoms with Crippen LogP contribution in [0.2, 0.25) is 0 Å². The minimum absolute atomic E-state index is 0.00187. The molecule has 0 saturated carbocycles. The number of carbonyl (C=O) groups excluding carboxylic acids is 1. The monoisotopic (exact) mass is 399 g/mol. The summed E-state index contributed by atoms with van der Waals surface area (Å²) in [5, 5.41) is 8.40. The van der Waals surface area contributed by atoms with E-state index in [1.807, 2.05) is 52.9 Å². The smallest absolute Gasteiger partial charge is 0.262 e. The molecule has 0 spiro atoms. The molecule has 3 aromatic rings. The Morgan fingerprint density at radius 3 is 2.64 bits per heavy atom. The van der Waals surface area contributed by atoms with Crippen molar-refractivity contribution in [3.63, 3.8) is 0 Å². The summed E-state index contributed by atoms with van der Waals surface area (Å²) in [5.74, 6) is 0.0111. The Kier molecular flexibility index (Phi) is 5.88. The highest BCUT2D eigenvalue weighted by Crippen LogP contribution is 2.23. The second-order valence-electron chi connectivity index (χ2n) is 6.85. The number of thioether (sulfide) groups is 1. The average Bonchev–Trinajstić information content (AvgIpc) is 2.92. The number of nitrogens with one attached hydrogen (secondary N) is 1. The van der Waals surface area contributed by atoms with E-state index in [1.54, 1.807) is 15.3 Å². The van der Waals surface area contributed by atoms with Gasteiger partial charge in [0.15, 0.2) is 5.16 Å². The van der Waals surface area contributed by atoms with Gasteiger partial charge in [0.25, 0.3) is 5.56 Å². The molecule has 0 bridgehead atoms. The number of hydrogen-bond acceptors (Lipinski definition) is 5. The summed E-state index contributed by atoms with van der Waals surface area (Å²) in [5.41, 5.74) is 2.99. The molecule has 1 N–H and O–H groups in total. The number of aryl methyl sites for hydroxylation is 2. The minimum Gasteiger partial charge on any atom is -0.322 e. The van der Waals surface area contributed by atoms with Gasteiger partial charge in [-0.05, 0) is 39.3 Å². The Balaban J connectivity index is 1.87. The van der Waals surface area contributed by atoms with Crippen molar-refractivity contribution in [1.29, 1.82) is 0 Å². The molecule has 1 atom stereocenters. The highest BCUT2D eigenvalue weighted by atomic mass is 32.2. The van der Waals surface area contributed by atoms with Crippen molar-refractivity contribution in [1.82, 2.24) is 19.3 Å². The van der Waals surface area contributed by atoms with Crippen molar-refractivity contribution in [3.8, 4) is 0 Å². The number of anilines is 1. The summed E-state index contributed by atoms with van der Waals surface area (Å²) in [4.78, 5) is 30.1. The van der Waals surface area contributed by atoms with Crippen LogP contribution in [-0.2, 0) is 11.8 Å². The molecule has 0 fully saturated rings. The summed E-state index contributed by atoms with van der Waals surface area (Å²) in [6, 6.07) is 7.31. The Labute approximate surface area is 168 Å². The summed E-state index contributed by atoms with van der Waals surface area (Å²) < 4.78 is 3.43. The van der Waals surface area contributed by atoms with Crippen LogP contribution in [0.1, 0.15) is 37.7 Å². The molecule has 0 radical (unpaired) electrons. The molecule has 0 saturated heterocycles. The lowest BCUT2D eigenvalue weighted by Crippen LogP contribution is -2.26. The number of nitrogens with zero attached hydrogens (tertiary/aromatic N) is 4. The van der Waals surface area contributed by atoms with Crippen LogP contribution >= 0.6 is 11.8 Å². The molecule has 7 nitrogen and oxygen atoms in total. The second kappa shape index (κ2) is 8.18. The molecular weight excluding hydrogens is 374 g/mol. The quantitative estimate of drug-likeness (QED) is 0.507. The number of amides is 1. The number of fused-ring (bicyclic) bond motifs is 1. The van der Waals surface area contributed by atoms with Gasteiger partial charge in [-0.1, -0.05) is 30.8 Å². The molecule has 1 amide bonds. The molecule has 2 heterocycles. The van der Waals surface area contributed by atoms with Gasteiger partial charge >= 0.3 is 0 Å². The van der Waals surface area contributed by atoms with Crippen LogP contribution in [-0.4, -0.2) is 31.0 Å². The summed E-state index contributed by atoms with van der Waals surface area (Å²) in [6.07, 6.45) is 0.799. The van der Waals surface area contributed by atoms with Gasteiger partial charge in [-0.3, -0.25) is 18.8 Å². The zero-order valence-electron chi connectivity index (χ0n) is 16.8. The van der Waals surface area contributed by atoms with E-state index in [0.717, 1.165) is 23.5 Å². The van der Waals surface area contributed by atoms with Crippen molar-refractivity contribution >= 4 is 34.3 Å². The van der Waals surface area contributed by atoms with Crippen LogP contribution < -0.4 is 10.9 Å². The fourth-order valence-corrected chi connectivity index (χ4v) is 3.96. The second-order valence-corrected chi connectivity index (χ2v) is 7.79. The maximum atomic E-state index is 13.0. The van der Waals surface area contributed by atoms with Gasteiger partial charge in [-0.25, -0.2) is 4.98 Å². The van der Waals surface area contributed by atoms with Gasteiger partial charge in [-0.2, -0.15) is 5.10 Å². The average molecular weight is 400 g/mol. The Morgan fingerprint density at radius 1 is 1.29 bits per heavy atom. The van der Waals surface area contributed by atoms with Crippen molar-refractivity contribution in [3.05, 3.63) is 46.0 Å². The lowest BCUT2D eigenvalue weighted by Gasteiger charge is -2.18. The maximum absolute atomic E-state index is 13.0. The standard InChI is InChI=1S/C20H25N5O2S/c1-6-12(2)25-19(27)15-9-7-8-10-16(15)21-20(25)28-11-17(26)22-18-13(3)23-24(5)14(18)4/h7-10,12H,6,11H2,1-5H3,(H,22,26)/t12-/m1/s1. The lowest BCUT2D eigenvalue weighted by atomic mass is 10.2. The largest absolute Gasteiger partial charge is 0.322 e. The molecule has 2 aromatic heterocycles. The molecule has 0 aliphatic heterocycles. The predicted octanol–water partition coefficient (Wildman–Crippen LogP) is 3.45. The van der Waals surface area contributed by atoms with E-state index < -0.39 is 0 Å². The van der Waals surface area contributed by atoms with Gasteiger partial charge in [0.1, 0.15) is 0 Å². The van der Waals surface area contributed by atoms with Gasteiger partial charge in [0.2, 0.25) is 5.91 Å². The fourth-order valence-electron chi connectivity index (χ4n) is 3.06. The van der Waals surface area contributed by atoms with Crippen LogP contribution in [0.4, 0.5) is 5.69 Å². The van der Waals surface area contributed by atoms with Crippen molar-refractivity contribution in [2.24, 2.45) is 7.05 Å².